The lowest BCUT2D eigenvalue weighted by Gasteiger charge is -2.33. The molecule has 1 heterocycles. The van der Waals surface area contributed by atoms with Crippen molar-refractivity contribution in [2.45, 2.75) is 32.9 Å². The Morgan fingerprint density at radius 1 is 1.52 bits per heavy atom. The molecule has 0 saturated carbocycles. The van der Waals surface area contributed by atoms with Gasteiger partial charge in [-0.25, -0.2) is 4.79 Å². The lowest BCUT2D eigenvalue weighted by atomic mass is 10.0. The number of hydrogen-bond donors (Lipinski definition) is 0. The molecule has 1 aromatic rings. The molecule has 0 aliphatic heterocycles. The third kappa shape index (κ3) is 3.77. The van der Waals surface area contributed by atoms with E-state index < -0.39 is 22.3 Å². The van der Waals surface area contributed by atoms with E-state index in [0.29, 0.717) is 0 Å². The van der Waals surface area contributed by atoms with Gasteiger partial charge in [-0.15, -0.1) is 0 Å². The number of ether oxygens (including phenoxy) is 1. The number of carbonyl (C=O) groups excluding carboxylic acids is 2. The van der Waals surface area contributed by atoms with E-state index >= 15 is 0 Å². The second-order valence-corrected chi connectivity index (χ2v) is 4.89. The molecule has 116 valence electrons. The minimum Gasteiger partial charge on any atom is -0.464 e. The van der Waals surface area contributed by atoms with Gasteiger partial charge in [0.05, 0.1) is 11.5 Å². The van der Waals surface area contributed by atoms with Crippen LogP contribution < -0.4 is 0 Å². The van der Waals surface area contributed by atoms with Crippen LogP contribution in [0.15, 0.2) is 12.4 Å². The SMILES string of the molecule is CCOC(=O)C(C)(C)N(C)C(=O)Cn1cc([N+](=O)[O-])cn1. The number of nitrogens with zero attached hydrogens (tertiary/aromatic N) is 4. The predicted molar refractivity (Wildman–Crippen MR) is 72.4 cm³/mol. The van der Waals surface area contributed by atoms with Crippen LogP contribution in [0.25, 0.3) is 0 Å². The van der Waals surface area contributed by atoms with Crippen molar-refractivity contribution in [1.82, 2.24) is 14.7 Å². The molecule has 0 aliphatic carbocycles. The molecule has 0 atom stereocenters. The molecule has 1 rings (SSSR count). The Balaban J connectivity index is 2.77. The highest BCUT2D eigenvalue weighted by Gasteiger charge is 2.36. The third-order valence-corrected chi connectivity index (χ3v) is 3.12. The van der Waals surface area contributed by atoms with Gasteiger partial charge in [-0.2, -0.15) is 5.10 Å². The van der Waals surface area contributed by atoms with Crippen LogP contribution in [0.1, 0.15) is 20.8 Å². The number of hydrogen-bond acceptors (Lipinski definition) is 6. The smallest absolute Gasteiger partial charge is 0.331 e. The van der Waals surface area contributed by atoms with Crippen molar-refractivity contribution in [1.29, 1.82) is 0 Å². The fraction of sp³-hybridized carbons (Fsp3) is 0.583. The molecule has 1 amide bonds. The Hall–Kier alpha value is -2.45. The normalized spacial score (nSPS) is 11.0. The minimum absolute atomic E-state index is 0.199. The van der Waals surface area contributed by atoms with E-state index in [1.54, 1.807) is 20.8 Å². The fourth-order valence-electron chi connectivity index (χ4n) is 1.53. The maximum atomic E-state index is 12.1. The summed E-state index contributed by atoms with van der Waals surface area (Å²) in [7, 11) is 1.47. The molecular formula is C12H18N4O5. The van der Waals surface area contributed by atoms with E-state index in [2.05, 4.69) is 5.10 Å². The number of rotatable bonds is 6. The van der Waals surface area contributed by atoms with Crippen LogP contribution in [0.3, 0.4) is 0 Å². The lowest BCUT2D eigenvalue weighted by Crippen LogP contribution is -2.52. The predicted octanol–water partition coefficient (Wildman–Crippen LogP) is 0.591. The molecule has 0 fully saturated rings. The fourth-order valence-corrected chi connectivity index (χ4v) is 1.53. The first-order valence-corrected chi connectivity index (χ1v) is 6.30. The topological polar surface area (TPSA) is 108 Å². The van der Waals surface area contributed by atoms with Crippen LogP contribution >= 0.6 is 0 Å². The summed E-state index contributed by atoms with van der Waals surface area (Å²) in [5, 5.41) is 14.3. The molecule has 0 radical (unpaired) electrons. The zero-order chi connectivity index (χ0) is 16.2. The molecule has 0 unspecified atom stereocenters. The van der Waals surface area contributed by atoms with E-state index in [1.807, 2.05) is 0 Å². The first-order valence-electron chi connectivity index (χ1n) is 6.30. The number of nitro groups is 1. The zero-order valence-corrected chi connectivity index (χ0v) is 12.4. The van der Waals surface area contributed by atoms with Crippen LogP contribution in [0, 0.1) is 10.1 Å². The van der Waals surface area contributed by atoms with Crippen LogP contribution in [-0.2, 0) is 20.9 Å². The summed E-state index contributed by atoms with van der Waals surface area (Å²) >= 11 is 0. The standard InChI is InChI=1S/C12H18N4O5/c1-5-21-11(18)12(2,3)14(4)10(17)8-15-7-9(6-13-15)16(19)20/h6-7H,5,8H2,1-4H3. The van der Waals surface area contributed by atoms with Gasteiger partial charge in [0, 0.05) is 7.05 Å². The zero-order valence-electron chi connectivity index (χ0n) is 12.4. The largest absolute Gasteiger partial charge is 0.464 e. The Labute approximate surface area is 121 Å². The summed E-state index contributed by atoms with van der Waals surface area (Å²) < 4.78 is 6.07. The maximum Gasteiger partial charge on any atom is 0.331 e. The van der Waals surface area contributed by atoms with Crippen LogP contribution in [-0.4, -0.2) is 50.7 Å². The van der Waals surface area contributed by atoms with Crippen molar-refractivity contribution >= 4 is 17.6 Å². The van der Waals surface area contributed by atoms with E-state index in [0.717, 1.165) is 17.1 Å². The van der Waals surface area contributed by atoms with Gasteiger partial charge in [0.25, 0.3) is 0 Å². The van der Waals surface area contributed by atoms with E-state index in [9.17, 15) is 19.7 Å². The average Bonchev–Trinajstić information content (AvgIpc) is 2.86. The quantitative estimate of drug-likeness (QED) is 0.432. The molecule has 0 saturated heterocycles. The highest BCUT2D eigenvalue weighted by atomic mass is 16.6. The van der Waals surface area contributed by atoms with Gasteiger partial charge in [0.15, 0.2) is 0 Å². The minimum atomic E-state index is -1.13. The third-order valence-electron chi connectivity index (χ3n) is 3.12. The molecule has 1 aromatic heterocycles. The molecule has 0 aromatic carbocycles. The van der Waals surface area contributed by atoms with Crippen LogP contribution in [0.5, 0.6) is 0 Å². The van der Waals surface area contributed by atoms with E-state index in [-0.39, 0.29) is 18.8 Å². The number of aromatic nitrogens is 2. The molecule has 21 heavy (non-hydrogen) atoms. The van der Waals surface area contributed by atoms with Crippen molar-refractivity contribution in [3.8, 4) is 0 Å². The molecule has 0 spiro atoms. The van der Waals surface area contributed by atoms with Gasteiger partial charge in [-0.05, 0) is 20.8 Å². The van der Waals surface area contributed by atoms with Gasteiger partial charge >= 0.3 is 11.7 Å². The number of esters is 1. The molecule has 0 N–H and O–H groups in total. The second kappa shape index (κ2) is 6.33. The Kier molecular flexibility index (Phi) is 5.01. The molecule has 0 aliphatic rings. The first-order chi connectivity index (χ1) is 9.70. The first kappa shape index (κ1) is 16.6. The Morgan fingerprint density at radius 3 is 2.62 bits per heavy atom. The molecule has 9 heteroatoms. The summed E-state index contributed by atoms with van der Waals surface area (Å²) in [6.45, 7) is 4.82. The number of likely N-dealkylation sites (N-methyl/N-ethyl adjacent to an activating group) is 1. The van der Waals surface area contributed by atoms with Gasteiger partial charge in [-0.1, -0.05) is 0 Å². The summed E-state index contributed by atoms with van der Waals surface area (Å²) in [4.78, 5) is 35.2. The van der Waals surface area contributed by atoms with Crippen LogP contribution in [0.2, 0.25) is 0 Å². The van der Waals surface area contributed by atoms with Crippen molar-refractivity contribution in [3.63, 3.8) is 0 Å². The van der Waals surface area contributed by atoms with Crippen molar-refractivity contribution in [2.24, 2.45) is 0 Å². The Bertz CT molecular complexity index is 552. The summed E-state index contributed by atoms with van der Waals surface area (Å²) in [5.41, 5.74) is -1.33. The number of carbonyl (C=O) groups is 2. The van der Waals surface area contributed by atoms with Crippen LogP contribution in [0.4, 0.5) is 5.69 Å². The monoisotopic (exact) mass is 298 g/mol. The Morgan fingerprint density at radius 2 is 2.14 bits per heavy atom. The van der Waals surface area contributed by atoms with E-state index in [4.69, 9.17) is 4.74 Å². The van der Waals surface area contributed by atoms with Crippen molar-refractivity contribution in [2.75, 3.05) is 13.7 Å². The average molecular weight is 298 g/mol. The number of amides is 1. The summed E-state index contributed by atoms with van der Waals surface area (Å²) in [5.74, 6) is -0.932. The van der Waals surface area contributed by atoms with E-state index in [1.165, 1.54) is 11.9 Å². The van der Waals surface area contributed by atoms with Crippen molar-refractivity contribution in [3.05, 3.63) is 22.5 Å². The lowest BCUT2D eigenvalue weighted by molar-refractivity contribution is -0.385. The maximum absolute atomic E-state index is 12.1. The summed E-state index contributed by atoms with van der Waals surface area (Å²) in [6, 6.07) is 0. The molecule has 9 nitrogen and oxygen atoms in total. The highest BCUT2D eigenvalue weighted by molar-refractivity contribution is 5.87. The van der Waals surface area contributed by atoms with Gasteiger partial charge in [-0.3, -0.25) is 19.6 Å². The molecule has 0 bridgehead atoms. The van der Waals surface area contributed by atoms with Crippen molar-refractivity contribution < 1.29 is 19.2 Å². The van der Waals surface area contributed by atoms with Gasteiger partial charge < -0.3 is 9.64 Å². The van der Waals surface area contributed by atoms with Gasteiger partial charge in [0.2, 0.25) is 5.91 Å². The highest BCUT2D eigenvalue weighted by Crippen LogP contribution is 2.16. The summed E-state index contributed by atoms with van der Waals surface area (Å²) in [6.07, 6.45) is 2.22. The second-order valence-electron chi connectivity index (χ2n) is 4.89. The molecular weight excluding hydrogens is 280 g/mol. The van der Waals surface area contributed by atoms with Gasteiger partial charge in [0.1, 0.15) is 24.5 Å².